The van der Waals surface area contributed by atoms with Crippen molar-refractivity contribution in [2.24, 2.45) is 5.92 Å². The van der Waals surface area contributed by atoms with Crippen LogP contribution in [0.3, 0.4) is 0 Å². The lowest BCUT2D eigenvalue weighted by molar-refractivity contribution is 0.0205. The molecule has 0 aliphatic heterocycles. The van der Waals surface area contributed by atoms with Crippen molar-refractivity contribution in [3.63, 3.8) is 0 Å². The molecular formula is C16H24OS. The number of rotatable bonds is 6. The molecule has 2 atom stereocenters. The first-order valence-electron chi connectivity index (χ1n) is 7.15. The van der Waals surface area contributed by atoms with Gasteiger partial charge in [0.1, 0.15) is 0 Å². The second-order valence-corrected chi connectivity index (χ2v) is 5.62. The molecule has 0 heterocycles. The van der Waals surface area contributed by atoms with Crippen molar-refractivity contribution in [3.05, 3.63) is 35.4 Å². The quantitative estimate of drug-likeness (QED) is 0.748. The molecule has 0 N–H and O–H groups in total. The summed E-state index contributed by atoms with van der Waals surface area (Å²) in [5.41, 5.74) is 2.89. The number of thiol groups is 1. The molecule has 2 rings (SSSR count). The molecule has 100 valence electrons. The summed E-state index contributed by atoms with van der Waals surface area (Å²) in [5.74, 6) is 1.54. The summed E-state index contributed by atoms with van der Waals surface area (Å²) in [6.07, 6.45) is 6.38. The summed E-state index contributed by atoms with van der Waals surface area (Å²) >= 11 is 4.42. The molecule has 0 saturated heterocycles. The molecule has 1 aliphatic rings. The Balaban J connectivity index is 1.94. The number of benzene rings is 1. The predicted molar refractivity (Wildman–Crippen MR) is 80.3 cm³/mol. The SMILES string of the molecule is CCCC(CS)COC1CCCc2ccccc21. The van der Waals surface area contributed by atoms with E-state index in [1.165, 1.54) is 43.2 Å². The smallest absolute Gasteiger partial charge is 0.0827 e. The molecule has 0 radical (unpaired) electrons. The van der Waals surface area contributed by atoms with Gasteiger partial charge in [0.15, 0.2) is 0 Å². The van der Waals surface area contributed by atoms with Gasteiger partial charge in [0, 0.05) is 0 Å². The number of fused-ring (bicyclic) bond motifs is 1. The molecule has 0 spiro atoms. The maximum atomic E-state index is 6.17. The van der Waals surface area contributed by atoms with Crippen LogP contribution in [0.2, 0.25) is 0 Å². The van der Waals surface area contributed by atoms with Crippen LogP contribution < -0.4 is 0 Å². The maximum absolute atomic E-state index is 6.17. The predicted octanol–water partition coefficient (Wildman–Crippen LogP) is 4.43. The van der Waals surface area contributed by atoms with E-state index < -0.39 is 0 Å². The van der Waals surface area contributed by atoms with E-state index in [-0.39, 0.29) is 0 Å². The lowest BCUT2D eigenvalue weighted by atomic mass is 9.89. The highest BCUT2D eigenvalue weighted by atomic mass is 32.1. The minimum absolute atomic E-state index is 0.314. The second kappa shape index (κ2) is 7.20. The number of aryl methyl sites for hydroxylation is 1. The van der Waals surface area contributed by atoms with Gasteiger partial charge in [0.05, 0.1) is 12.7 Å². The number of ether oxygens (including phenoxy) is 1. The van der Waals surface area contributed by atoms with Crippen LogP contribution >= 0.6 is 12.6 Å². The zero-order chi connectivity index (χ0) is 12.8. The third-order valence-corrected chi connectivity index (χ3v) is 4.32. The molecular weight excluding hydrogens is 240 g/mol. The molecule has 0 fully saturated rings. The molecule has 1 aliphatic carbocycles. The van der Waals surface area contributed by atoms with E-state index in [2.05, 4.69) is 43.8 Å². The van der Waals surface area contributed by atoms with E-state index >= 15 is 0 Å². The summed E-state index contributed by atoms with van der Waals surface area (Å²) in [4.78, 5) is 0. The Morgan fingerprint density at radius 1 is 1.39 bits per heavy atom. The molecule has 0 saturated carbocycles. The molecule has 1 aromatic carbocycles. The van der Waals surface area contributed by atoms with Crippen molar-refractivity contribution in [1.82, 2.24) is 0 Å². The maximum Gasteiger partial charge on any atom is 0.0827 e. The van der Waals surface area contributed by atoms with Crippen LogP contribution in [0.25, 0.3) is 0 Å². The van der Waals surface area contributed by atoms with Gasteiger partial charge in [0.2, 0.25) is 0 Å². The van der Waals surface area contributed by atoms with Gasteiger partial charge in [-0.2, -0.15) is 12.6 Å². The Hall–Kier alpha value is -0.470. The monoisotopic (exact) mass is 264 g/mol. The normalized spacial score (nSPS) is 20.4. The molecule has 2 heteroatoms. The average molecular weight is 264 g/mol. The summed E-state index contributed by atoms with van der Waals surface area (Å²) < 4.78 is 6.17. The van der Waals surface area contributed by atoms with Crippen LogP contribution in [0.15, 0.2) is 24.3 Å². The minimum atomic E-state index is 0.314. The fraction of sp³-hybridized carbons (Fsp3) is 0.625. The summed E-state index contributed by atoms with van der Waals surface area (Å²) in [7, 11) is 0. The van der Waals surface area contributed by atoms with Crippen molar-refractivity contribution in [2.45, 2.75) is 45.1 Å². The van der Waals surface area contributed by atoms with Gasteiger partial charge in [-0.25, -0.2) is 0 Å². The summed E-state index contributed by atoms with van der Waals surface area (Å²) in [6.45, 7) is 3.09. The molecule has 2 unspecified atom stereocenters. The lowest BCUT2D eigenvalue weighted by Crippen LogP contribution is -2.18. The zero-order valence-corrected chi connectivity index (χ0v) is 12.2. The van der Waals surface area contributed by atoms with Crippen LogP contribution in [-0.4, -0.2) is 12.4 Å². The molecule has 18 heavy (non-hydrogen) atoms. The Morgan fingerprint density at radius 2 is 2.22 bits per heavy atom. The minimum Gasteiger partial charge on any atom is -0.373 e. The Kier molecular flexibility index (Phi) is 5.58. The van der Waals surface area contributed by atoms with Gasteiger partial charge in [-0.1, -0.05) is 37.6 Å². The van der Waals surface area contributed by atoms with Crippen molar-refractivity contribution >= 4 is 12.6 Å². The van der Waals surface area contributed by atoms with Crippen LogP contribution in [0.5, 0.6) is 0 Å². The average Bonchev–Trinajstić information content (AvgIpc) is 2.43. The molecule has 0 bridgehead atoms. The third kappa shape index (κ3) is 3.52. The zero-order valence-electron chi connectivity index (χ0n) is 11.3. The van der Waals surface area contributed by atoms with Crippen LogP contribution in [-0.2, 0) is 11.2 Å². The van der Waals surface area contributed by atoms with E-state index in [0.717, 1.165) is 12.4 Å². The van der Waals surface area contributed by atoms with Gasteiger partial charge >= 0.3 is 0 Å². The fourth-order valence-corrected chi connectivity index (χ4v) is 3.06. The first-order chi connectivity index (χ1) is 8.85. The van der Waals surface area contributed by atoms with E-state index in [0.29, 0.717) is 12.0 Å². The molecule has 1 aromatic rings. The number of hydrogen-bond donors (Lipinski definition) is 1. The molecule has 0 amide bonds. The molecule has 1 nitrogen and oxygen atoms in total. The van der Waals surface area contributed by atoms with Crippen molar-refractivity contribution in [3.8, 4) is 0 Å². The van der Waals surface area contributed by atoms with Gasteiger partial charge in [-0.15, -0.1) is 0 Å². The fourth-order valence-electron chi connectivity index (χ4n) is 2.77. The van der Waals surface area contributed by atoms with E-state index in [1.54, 1.807) is 0 Å². The molecule has 0 aromatic heterocycles. The largest absolute Gasteiger partial charge is 0.373 e. The second-order valence-electron chi connectivity index (χ2n) is 5.25. The first-order valence-corrected chi connectivity index (χ1v) is 7.78. The van der Waals surface area contributed by atoms with Crippen LogP contribution in [0.4, 0.5) is 0 Å². The first kappa shape index (κ1) is 14.0. The van der Waals surface area contributed by atoms with Gasteiger partial charge < -0.3 is 4.74 Å². The van der Waals surface area contributed by atoms with Gasteiger partial charge in [-0.05, 0) is 48.5 Å². The van der Waals surface area contributed by atoms with E-state index in [1.807, 2.05) is 0 Å². The van der Waals surface area contributed by atoms with Crippen molar-refractivity contribution in [1.29, 1.82) is 0 Å². The highest BCUT2D eigenvalue weighted by molar-refractivity contribution is 7.80. The summed E-state index contributed by atoms with van der Waals surface area (Å²) in [5, 5.41) is 0. The van der Waals surface area contributed by atoms with E-state index in [9.17, 15) is 0 Å². The van der Waals surface area contributed by atoms with Crippen LogP contribution in [0.1, 0.15) is 49.8 Å². The Bertz CT molecular complexity index is 364. The van der Waals surface area contributed by atoms with E-state index in [4.69, 9.17) is 4.74 Å². The standard InChI is InChI=1S/C16H24OS/c1-2-6-13(12-18)11-17-16-10-5-8-14-7-3-4-9-15(14)16/h3-4,7,9,13,16,18H,2,5-6,8,10-12H2,1H3. The van der Waals surface area contributed by atoms with Gasteiger partial charge in [-0.3, -0.25) is 0 Å². The van der Waals surface area contributed by atoms with Crippen molar-refractivity contribution in [2.75, 3.05) is 12.4 Å². The Labute approximate surface area is 116 Å². The highest BCUT2D eigenvalue weighted by Crippen LogP contribution is 2.32. The number of hydrogen-bond acceptors (Lipinski definition) is 2. The Morgan fingerprint density at radius 3 is 3.00 bits per heavy atom. The highest BCUT2D eigenvalue weighted by Gasteiger charge is 2.21. The topological polar surface area (TPSA) is 9.23 Å². The third-order valence-electron chi connectivity index (χ3n) is 3.80. The van der Waals surface area contributed by atoms with Crippen molar-refractivity contribution < 1.29 is 4.74 Å². The lowest BCUT2D eigenvalue weighted by Gasteiger charge is -2.27. The van der Waals surface area contributed by atoms with Gasteiger partial charge in [0.25, 0.3) is 0 Å². The van der Waals surface area contributed by atoms with Crippen LogP contribution in [0, 0.1) is 5.92 Å². The summed E-state index contributed by atoms with van der Waals surface area (Å²) in [6, 6.07) is 8.74.